The zero-order valence-corrected chi connectivity index (χ0v) is 11.0. The lowest BCUT2D eigenvalue weighted by Gasteiger charge is -2.27. The van der Waals surface area contributed by atoms with Crippen molar-refractivity contribution in [3.63, 3.8) is 0 Å². The monoisotopic (exact) mass is 251 g/mol. The second-order valence-corrected chi connectivity index (χ2v) is 4.49. The lowest BCUT2D eigenvalue weighted by molar-refractivity contribution is -0.137. The molecule has 0 aromatic heterocycles. The van der Waals surface area contributed by atoms with Gasteiger partial charge in [0.1, 0.15) is 5.75 Å². The molecule has 1 aromatic rings. The standard InChI is InChI=1S/C14H21NO3/c1-3-15(9-8-14(17)18)11(2)10-12-4-6-13(16)7-5-12/h4-7,11,16H,3,8-10H2,1-2H3,(H,17,18). The molecule has 4 nitrogen and oxygen atoms in total. The minimum absolute atomic E-state index is 0.174. The van der Waals surface area contributed by atoms with E-state index >= 15 is 0 Å². The zero-order chi connectivity index (χ0) is 13.5. The number of carboxylic acid groups (broad SMARTS) is 1. The molecule has 1 aromatic carbocycles. The molecule has 1 unspecified atom stereocenters. The van der Waals surface area contributed by atoms with Crippen LogP contribution in [-0.4, -0.2) is 40.2 Å². The van der Waals surface area contributed by atoms with E-state index in [0.29, 0.717) is 12.6 Å². The van der Waals surface area contributed by atoms with Crippen molar-refractivity contribution < 1.29 is 15.0 Å². The molecule has 0 amide bonds. The van der Waals surface area contributed by atoms with E-state index in [1.54, 1.807) is 12.1 Å². The van der Waals surface area contributed by atoms with Crippen LogP contribution in [0.5, 0.6) is 5.75 Å². The fourth-order valence-electron chi connectivity index (χ4n) is 2.03. The van der Waals surface area contributed by atoms with Gasteiger partial charge in [0.05, 0.1) is 6.42 Å². The maximum absolute atomic E-state index is 10.6. The second-order valence-electron chi connectivity index (χ2n) is 4.49. The first kappa shape index (κ1) is 14.5. The van der Waals surface area contributed by atoms with E-state index in [9.17, 15) is 9.90 Å². The summed E-state index contributed by atoms with van der Waals surface area (Å²) in [7, 11) is 0. The molecule has 0 saturated heterocycles. The van der Waals surface area contributed by atoms with Crippen molar-refractivity contribution in [2.45, 2.75) is 32.7 Å². The number of benzene rings is 1. The summed E-state index contributed by atoms with van der Waals surface area (Å²) >= 11 is 0. The Morgan fingerprint density at radius 3 is 2.44 bits per heavy atom. The molecule has 1 rings (SSSR count). The molecule has 0 saturated carbocycles. The van der Waals surface area contributed by atoms with Crippen LogP contribution in [0.3, 0.4) is 0 Å². The van der Waals surface area contributed by atoms with Gasteiger partial charge in [0.2, 0.25) is 0 Å². The Balaban J connectivity index is 2.53. The largest absolute Gasteiger partial charge is 0.508 e. The molecule has 0 spiro atoms. The Labute approximate surface area is 108 Å². The molecular weight excluding hydrogens is 230 g/mol. The second kappa shape index (κ2) is 7.01. The first-order valence-corrected chi connectivity index (χ1v) is 6.26. The van der Waals surface area contributed by atoms with Gasteiger partial charge in [0.25, 0.3) is 0 Å². The Bertz CT molecular complexity index is 375. The molecule has 2 N–H and O–H groups in total. The molecule has 0 aliphatic heterocycles. The van der Waals surface area contributed by atoms with Gasteiger partial charge in [-0.1, -0.05) is 19.1 Å². The van der Waals surface area contributed by atoms with Crippen molar-refractivity contribution >= 4 is 5.97 Å². The number of hydrogen-bond acceptors (Lipinski definition) is 3. The Morgan fingerprint density at radius 1 is 1.33 bits per heavy atom. The van der Waals surface area contributed by atoms with E-state index in [1.807, 2.05) is 19.1 Å². The highest BCUT2D eigenvalue weighted by molar-refractivity contribution is 5.66. The van der Waals surface area contributed by atoms with Gasteiger partial charge in [-0.15, -0.1) is 0 Å². The van der Waals surface area contributed by atoms with Gasteiger partial charge in [0.15, 0.2) is 0 Å². The highest BCUT2D eigenvalue weighted by atomic mass is 16.4. The number of aromatic hydroxyl groups is 1. The van der Waals surface area contributed by atoms with Crippen LogP contribution in [0.2, 0.25) is 0 Å². The van der Waals surface area contributed by atoms with Crippen LogP contribution in [0.1, 0.15) is 25.8 Å². The minimum Gasteiger partial charge on any atom is -0.508 e. The van der Waals surface area contributed by atoms with Gasteiger partial charge in [-0.2, -0.15) is 0 Å². The summed E-state index contributed by atoms with van der Waals surface area (Å²) in [6.07, 6.45) is 1.03. The van der Waals surface area contributed by atoms with Crippen LogP contribution in [-0.2, 0) is 11.2 Å². The third kappa shape index (κ3) is 4.75. The molecule has 0 aliphatic carbocycles. The topological polar surface area (TPSA) is 60.8 Å². The van der Waals surface area contributed by atoms with Crippen molar-refractivity contribution in [2.24, 2.45) is 0 Å². The number of phenolic OH excluding ortho intramolecular Hbond substituents is 1. The average Bonchev–Trinajstić information content (AvgIpc) is 2.32. The third-order valence-corrected chi connectivity index (χ3v) is 3.11. The molecule has 0 aliphatic rings. The van der Waals surface area contributed by atoms with Gasteiger partial charge < -0.3 is 15.1 Å². The van der Waals surface area contributed by atoms with Crippen LogP contribution in [0, 0.1) is 0 Å². The molecule has 0 radical (unpaired) electrons. The molecular formula is C14H21NO3. The number of nitrogens with zero attached hydrogens (tertiary/aromatic N) is 1. The van der Waals surface area contributed by atoms with E-state index in [-0.39, 0.29) is 12.2 Å². The van der Waals surface area contributed by atoms with Crippen molar-refractivity contribution in [1.29, 1.82) is 0 Å². The number of carbonyl (C=O) groups is 1. The smallest absolute Gasteiger partial charge is 0.304 e. The van der Waals surface area contributed by atoms with Crippen LogP contribution < -0.4 is 0 Å². The van der Waals surface area contributed by atoms with Gasteiger partial charge >= 0.3 is 5.97 Å². The van der Waals surface area contributed by atoms with Gasteiger partial charge in [-0.3, -0.25) is 4.79 Å². The predicted octanol–water partition coefficient (Wildman–Crippen LogP) is 2.12. The van der Waals surface area contributed by atoms with Crippen LogP contribution in [0.15, 0.2) is 24.3 Å². The minimum atomic E-state index is -0.759. The molecule has 100 valence electrons. The Kier molecular flexibility index (Phi) is 5.65. The quantitative estimate of drug-likeness (QED) is 0.779. The molecule has 4 heteroatoms. The summed E-state index contributed by atoms with van der Waals surface area (Å²) in [5, 5.41) is 17.9. The first-order valence-electron chi connectivity index (χ1n) is 6.26. The number of aliphatic carboxylic acids is 1. The SMILES string of the molecule is CCN(CCC(=O)O)C(C)Cc1ccc(O)cc1. The fourth-order valence-corrected chi connectivity index (χ4v) is 2.03. The lowest BCUT2D eigenvalue weighted by Crippen LogP contribution is -2.36. The lowest BCUT2D eigenvalue weighted by atomic mass is 10.1. The summed E-state index contributed by atoms with van der Waals surface area (Å²) in [6.45, 7) is 5.55. The zero-order valence-electron chi connectivity index (χ0n) is 11.0. The average molecular weight is 251 g/mol. The highest BCUT2D eigenvalue weighted by Gasteiger charge is 2.13. The van der Waals surface area contributed by atoms with E-state index in [0.717, 1.165) is 18.5 Å². The first-order chi connectivity index (χ1) is 8.52. The number of carboxylic acids is 1. The van der Waals surface area contributed by atoms with E-state index in [1.165, 1.54) is 0 Å². The van der Waals surface area contributed by atoms with Crippen molar-refractivity contribution in [2.75, 3.05) is 13.1 Å². The van der Waals surface area contributed by atoms with Crippen molar-refractivity contribution in [3.05, 3.63) is 29.8 Å². The van der Waals surface area contributed by atoms with Crippen molar-refractivity contribution in [3.8, 4) is 5.75 Å². The molecule has 0 bridgehead atoms. The predicted molar refractivity (Wildman–Crippen MR) is 70.8 cm³/mol. The highest BCUT2D eigenvalue weighted by Crippen LogP contribution is 2.13. The third-order valence-electron chi connectivity index (χ3n) is 3.11. The van der Waals surface area contributed by atoms with Crippen LogP contribution in [0.25, 0.3) is 0 Å². The van der Waals surface area contributed by atoms with E-state index in [2.05, 4.69) is 11.8 Å². The Hall–Kier alpha value is -1.55. The fraction of sp³-hybridized carbons (Fsp3) is 0.500. The molecule has 0 heterocycles. The number of likely N-dealkylation sites (N-methyl/N-ethyl adjacent to an activating group) is 1. The van der Waals surface area contributed by atoms with Crippen molar-refractivity contribution in [1.82, 2.24) is 4.90 Å². The van der Waals surface area contributed by atoms with Gasteiger partial charge in [-0.25, -0.2) is 0 Å². The normalized spacial score (nSPS) is 12.6. The van der Waals surface area contributed by atoms with E-state index in [4.69, 9.17) is 5.11 Å². The van der Waals surface area contributed by atoms with E-state index < -0.39 is 5.97 Å². The summed E-state index contributed by atoms with van der Waals surface area (Å²) < 4.78 is 0. The number of hydrogen-bond donors (Lipinski definition) is 2. The maximum atomic E-state index is 10.6. The molecule has 1 atom stereocenters. The Morgan fingerprint density at radius 2 is 1.94 bits per heavy atom. The van der Waals surface area contributed by atoms with Crippen LogP contribution >= 0.6 is 0 Å². The molecule has 0 fully saturated rings. The van der Waals surface area contributed by atoms with Gasteiger partial charge in [0, 0.05) is 12.6 Å². The molecule has 18 heavy (non-hydrogen) atoms. The van der Waals surface area contributed by atoms with Crippen LogP contribution in [0.4, 0.5) is 0 Å². The maximum Gasteiger partial charge on any atom is 0.304 e. The summed E-state index contributed by atoms with van der Waals surface area (Å²) in [4.78, 5) is 12.7. The summed E-state index contributed by atoms with van der Waals surface area (Å²) in [5.74, 6) is -0.491. The number of phenols is 1. The number of rotatable bonds is 7. The van der Waals surface area contributed by atoms with Gasteiger partial charge in [-0.05, 0) is 37.6 Å². The summed E-state index contributed by atoms with van der Waals surface area (Å²) in [6, 6.07) is 7.44. The summed E-state index contributed by atoms with van der Waals surface area (Å²) in [5.41, 5.74) is 1.15.